The Kier molecular flexibility index (Phi) is 5.94. The minimum Gasteiger partial charge on any atom is -0.467 e. The molecule has 0 aliphatic rings. The van der Waals surface area contributed by atoms with Crippen LogP contribution in [-0.4, -0.2) is 23.3 Å². The van der Waals surface area contributed by atoms with E-state index in [2.05, 4.69) is 15.6 Å². The zero-order valence-electron chi connectivity index (χ0n) is 14.4. The molecule has 0 aliphatic heterocycles. The molecule has 1 aromatic carbocycles. The van der Waals surface area contributed by atoms with Crippen LogP contribution in [0.3, 0.4) is 0 Å². The summed E-state index contributed by atoms with van der Waals surface area (Å²) < 4.78 is 18.0. The Hall–Kier alpha value is -3.48. The molecule has 0 atom stereocenters. The van der Waals surface area contributed by atoms with Gasteiger partial charge >= 0.3 is 0 Å². The summed E-state index contributed by atoms with van der Waals surface area (Å²) in [6.45, 7) is 0.633. The van der Waals surface area contributed by atoms with Crippen molar-refractivity contribution in [2.45, 2.75) is 13.0 Å². The molecule has 2 heterocycles. The van der Waals surface area contributed by atoms with Crippen LogP contribution in [0.25, 0.3) is 0 Å². The first-order chi connectivity index (χ1) is 13.1. The molecule has 0 spiro atoms. The van der Waals surface area contributed by atoms with Crippen molar-refractivity contribution in [1.29, 1.82) is 0 Å². The minimum absolute atomic E-state index is 0.146. The van der Waals surface area contributed by atoms with Crippen molar-refractivity contribution >= 4 is 11.8 Å². The SMILES string of the molecule is O=C(NCCc1ccc(F)cc1)c1ccnc(C(=O)NCc2ccco2)c1. The number of nitrogens with zero attached hydrogens (tertiary/aromatic N) is 1. The van der Waals surface area contributed by atoms with Gasteiger partial charge in [-0.15, -0.1) is 0 Å². The number of hydrogen-bond donors (Lipinski definition) is 2. The maximum absolute atomic E-state index is 12.9. The van der Waals surface area contributed by atoms with Crippen molar-refractivity contribution in [3.05, 3.63) is 89.4 Å². The van der Waals surface area contributed by atoms with E-state index >= 15 is 0 Å². The van der Waals surface area contributed by atoms with Crippen LogP contribution in [-0.2, 0) is 13.0 Å². The Morgan fingerprint density at radius 3 is 2.59 bits per heavy atom. The molecule has 0 radical (unpaired) electrons. The number of pyridine rings is 1. The molecular formula is C20H18FN3O3. The highest BCUT2D eigenvalue weighted by Gasteiger charge is 2.12. The maximum Gasteiger partial charge on any atom is 0.270 e. The van der Waals surface area contributed by atoms with E-state index in [1.165, 1.54) is 36.7 Å². The number of benzene rings is 1. The van der Waals surface area contributed by atoms with E-state index in [1.807, 2.05) is 0 Å². The van der Waals surface area contributed by atoms with Gasteiger partial charge in [0, 0.05) is 18.3 Å². The molecule has 2 amide bonds. The molecule has 6 nitrogen and oxygen atoms in total. The lowest BCUT2D eigenvalue weighted by atomic mass is 10.1. The van der Waals surface area contributed by atoms with Crippen LogP contribution in [0.4, 0.5) is 4.39 Å². The van der Waals surface area contributed by atoms with Crippen LogP contribution in [0.2, 0.25) is 0 Å². The van der Waals surface area contributed by atoms with Crippen LogP contribution in [0.5, 0.6) is 0 Å². The molecule has 138 valence electrons. The predicted molar refractivity (Wildman–Crippen MR) is 96.6 cm³/mol. The van der Waals surface area contributed by atoms with Crippen LogP contribution in [0.1, 0.15) is 32.2 Å². The zero-order valence-corrected chi connectivity index (χ0v) is 14.4. The summed E-state index contributed by atoms with van der Waals surface area (Å²) in [7, 11) is 0. The Morgan fingerprint density at radius 1 is 1.04 bits per heavy atom. The third-order valence-electron chi connectivity index (χ3n) is 3.87. The highest BCUT2D eigenvalue weighted by Crippen LogP contribution is 2.05. The molecule has 0 aliphatic carbocycles. The van der Waals surface area contributed by atoms with Gasteiger partial charge in [0.25, 0.3) is 11.8 Å². The molecule has 2 aromatic heterocycles. The van der Waals surface area contributed by atoms with Gasteiger partial charge in [0.15, 0.2) is 0 Å². The topological polar surface area (TPSA) is 84.2 Å². The smallest absolute Gasteiger partial charge is 0.270 e. The number of carbonyl (C=O) groups is 2. The van der Waals surface area contributed by atoms with Gasteiger partial charge in [-0.1, -0.05) is 12.1 Å². The van der Waals surface area contributed by atoms with E-state index in [9.17, 15) is 14.0 Å². The lowest BCUT2D eigenvalue weighted by Gasteiger charge is -2.07. The zero-order chi connectivity index (χ0) is 19.1. The number of aromatic nitrogens is 1. The highest BCUT2D eigenvalue weighted by atomic mass is 19.1. The largest absolute Gasteiger partial charge is 0.467 e. The van der Waals surface area contributed by atoms with Crippen molar-refractivity contribution < 1.29 is 18.4 Å². The third-order valence-corrected chi connectivity index (χ3v) is 3.87. The fraction of sp³-hybridized carbons (Fsp3) is 0.150. The first kappa shape index (κ1) is 18.3. The van der Waals surface area contributed by atoms with E-state index in [1.54, 1.807) is 24.3 Å². The molecule has 3 rings (SSSR count). The van der Waals surface area contributed by atoms with E-state index in [0.717, 1.165) is 5.56 Å². The van der Waals surface area contributed by atoms with Gasteiger partial charge in [0.2, 0.25) is 0 Å². The maximum atomic E-state index is 12.9. The van der Waals surface area contributed by atoms with Gasteiger partial charge < -0.3 is 15.1 Å². The van der Waals surface area contributed by atoms with Crippen LogP contribution in [0, 0.1) is 5.82 Å². The first-order valence-corrected chi connectivity index (χ1v) is 8.41. The van der Waals surface area contributed by atoms with Crippen molar-refractivity contribution in [3.8, 4) is 0 Å². The molecule has 0 saturated heterocycles. The van der Waals surface area contributed by atoms with Crippen molar-refractivity contribution in [2.24, 2.45) is 0 Å². The summed E-state index contributed by atoms with van der Waals surface area (Å²) in [5, 5.41) is 5.45. The number of furan rings is 1. The summed E-state index contributed by atoms with van der Waals surface area (Å²) in [6.07, 6.45) is 3.51. The van der Waals surface area contributed by atoms with Gasteiger partial charge in [-0.05, 0) is 48.4 Å². The van der Waals surface area contributed by atoms with Crippen LogP contribution >= 0.6 is 0 Å². The molecule has 27 heavy (non-hydrogen) atoms. The van der Waals surface area contributed by atoms with E-state index in [4.69, 9.17) is 4.42 Å². The summed E-state index contributed by atoms with van der Waals surface area (Å²) in [5.41, 5.74) is 1.41. The molecule has 2 N–H and O–H groups in total. The molecule has 0 saturated carbocycles. The van der Waals surface area contributed by atoms with E-state index < -0.39 is 5.91 Å². The van der Waals surface area contributed by atoms with Gasteiger partial charge in [-0.25, -0.2) is 4.39 Å². The molecule has 0 unspecified atom stereocenters. The van der Waals surface area contributed by atoms with Crippen molar-refractivity contribution in [3.63, 3.8) is 0 Å². The van der Waals surface area contributed by atoms with Gasteiger partial charge in [-0.3, -0.25) is 14.6 Å². The fourth-order valence-electron chi connectivity index (χ4n) is 2.44. The molecule has 0 bridgehead atoms. The number of halogens is 1. The van der Waals surface area contributed by atoms with Gasteiger partial charge in [0.1, 0.15) is 17.3 Å². The third kappa shape index (κ3) is 5.24. The lowest BCUT2D eigenvalue weighted by Crippen LogP contribution is -2.27. The Morgan fingerprint density at radius 2 is 1.85 bits per heavy atom. The van der Waals surface area contributed by atoms with Crippen LogP contribution < -0.4 is 10.6 Å². The van der Waals surface area contributed by atoms with Crippen LogP contribution in [0.15, 0.2) is 65.4 Å². The molecule has 7 heteroatoms. The quantitative estimate of drug-likeness (QED) is 0.672. The van der Waals surface area contributed by atoms with E-state index in [-0.39, 0.29) is 24.0 Å². The number of hydrogen-bond acceptors (Lipinski definition) is 4. The number of amides is 2. The normalized spacial score (nSPS) is 10.4. The first-order valence-electron chi connectivity index (χ1n) is 8.41. The summed E-state index contributed by atoms with van der Waals surface area (Å²) in [6, 6.07) is 12.6. The number of nitrogens with one attached hydrogen (secondary N) is 2. The predicted octanol–water partition coefficient (Wildman–Crippen LogP) is 2.72. The fourth-order valence-corrected chi connectivity index (χ4v) is 2.44. The standard InChI is InChI=1S/C20H18FN3O3/c21-16-5-3-14(4-6-16)7-9-23-19(25)15-8-10-22-18(12-15)20(26)24-13-17-2-1-11-27-17/h1-6,8,10-12H,7,9,13H2,(H,23,25)(H,24,26). The molecule has 3 aromatic rings. The monoisotopic (exact) mass is 367 g/mol. The summed E-state index contributed by atoms with van der Waals surface area (Å²) in [5.74, 6) is -0.373. The minimum atomic E-state index is -0.396. The summed E-state index contributed by atoms with van der Waals surface area (Å²) >= 11 is 0. The Balaban J connectivity index is 1.53. The van der Waals surface area contributed by atoms with Gasteiger partial charge in [-0.2, -0.15) is 0 Å². The second kappa shape index (κ2) is 8.75. The average Bonchev–Trinajstić information content (AvgIpc) is 3.21. The Labute approximate surface area is 155 Å². The molecule has 0 fully saturated rings. The average molecular weight is 367 g/mol. The summed E-state index contributed by atoms with van der Waals surface area (Å²) in [4.78, 5) is 28.4. The second-order valence-corrected chi connectivity index (χ2v) is 5.82. The van der Waals surface area contributed by atoms with E-state index in [0.29, 0.717) is 24.3 Å². The number of rotatable bonds is 7. The molecular weight excluding hydrogens is 349 g/mol. The highest BCUT2D eigenvalue weighted by molar-refractivity contribution is 5.98. The van der Waals surface area contributed by atoms with Gasteiger partial charge in [0.05, 0.1) is 12.8 Å². The van der Waals surface area contributed by atoms with Crippen molar-refractivity contribution in [2.75, 3.05) is 6.54 Å². The lowest BCUT2D eigenvalue weighted by molar-refractivity contribution is 0.0943. The van der Waals surface area contributed by atoms with Crippen molar-refractivity contribution in [1.82, 2.24) is 15.6 Å². The second-order valence-electron chi connectivity index (χ2n) is 5.82. The number of carbonyl (C=O) groups excluding carboxylic acids is 2. The Bertz CT molecular complexity index is 908.